The second-order valence-corrected chi connectivity index (χ2v) is 6.46. The van der Waals surface area contributed by atoms with E-state index < -0.39 is 11.4 Å². The van der Waals surface area contributed by atoms with Crippen LogP contribution in [0.2, 0.25) is 5.02 Å². The van der Waals surface area contributed by atoms with Gasteiger partial charge in [0.05, 0.1) is 5.02 Å². The third-order valence-electron chi connectivity index (χ3n) is 3.95. The van der Waals surface area contributed by atoms with Crippen molar-refractivity contribution in [1.29, 1.82) is 0 Å². The highest BCUT2D eigenvalue weighted by Crippen LogP contribution is 2.48. The van der Waals surface area contributed by atoms with Crippen LogP contribution in [0.5, 0.6) is 5.75 Å². The topological polar surface area (TPSA) is 35.2 Å². The van der Waals surface area contributed by atoms with E-state index in [-0.39, 0.29) is 11.1 Å². The zero-order valence-electron chi connectivity index (χ0n) is 11.4. The fourth-order valence-corrected chi connectivity index (χ4v) is 3.45. The highest BCUT2D eigenvalue weighted by Gasteiger charge is 2.45. The number of hydrogen-bond donors (Lipinski definition) is 1. The molecular formula is C16H14BrClFNO. The van der Waals surface area contributed by atoms with Gasteiger partial charge in [0, 0.05) is 28.6 Å². The van der Waals surface area contributed by atoms with Crippen LogP contribution < -0.4 is 10.5 Å². The van der Waals surface area contributed by atoms with Gasteiger partial charge in [-0.25, -0.2) is 4.39 Å². The number of nitrogens with two attached hydrogens (primary N) is 1. The van der Waals surface area contributed by atoms with E-state index in [9.17, 15) is 4.39 Å². The summed E-state index contributed by atoms with van der Waals surface area (Å²) in [7, 11) is 0. The highest BCUT2D eigenvalue weighted by atomic mass is 79.9. The fraction of sp³-hybridized carbons (Fsp3) is 0.250. The molecule has 2 nitrogen and oxygen atoms in total. The predicted molar refractivity (Wildman–Crippen MR) is 85.2 cm³/mol. The van der Waals surface area contributed by atoms with Crippen LogP contribution >= 0.6 is 27.5 Å². The second kappa shape index (κ2) is 5.27. The van der Waals surface area contributed by atoms with Gasteiger partial charge >= 0.3 is 0 Å². The molecule has 2 N–H and O–H groups in total. The summed E-state index contributed by atoms with van der Waals surface area (Å²) in [5.74, 6) is -0.0132. The summed E-state index contributed by atoms with van der Waals surface area (Å²) >= 11 is 9.33. The summed E-state index contributed by atoms with van der Waals surface area (Å²) in [5, 5.41) is 0.0749. The molecule has 110 valence electrons. The average molecular weight is 371 g/mol. The molecule has 0 fully saturated rings. The van der Waals surface area contributed by atoms with Crippen LogP contribution in [-0.4, -0.2) is 6.04 Å². The van der Waals surface area contributed by atoms with Crippen LogP contribution in [0.15, 0.2) is 40.9 Å². The Balaban J connectivity index is 2.14. The van der Waals surface area contributed by atoms with Gasteiger partial charge in [0.25, 0.3) is 0 Å². The van der Waals surface area contributed by atoms with E-state index in [0.717, 1.165) is 11.1 Å². The molecule has 5 heteroatoms. The molecule has 1 aliphatic heterocycles. The molecular weight excluding hydrogens is 357 g/mol. The predicted octanol–water partition coefficient (Wildman–Crippen LogP) is 4.42. The molecule has 0 aliphatic carbocycles. The fourth-order valence-electron chi connectivity index (χ4n) is 2.76. The van der Waals surface area contributed by atoms with Gasteiger partial charge in [-0.15, -0.1) is 0 Å². The van der Waals surface area contributed by atoms with Crippen LogP contribution in [0.1, 0.15) is 18.1 Å². The molecule has 21 heavy (non-hydrogen) atoms. The Morgan fingerprint density at radius 3 is 2.67 bits per heavy atom. The van der Waals surface area contributed by atoms with Gasteiger partial charge in [-0.3, -0.25) is 0 Å². The first kappa shape index (κ1) is 14.8. The Hall–Kier alpha value is -1.10. The first-order chi connectivity index (χ1) is 9.95. The quantitative estimate of drug-likeness (QED) is 0.794. The summed E-state index contributed by atoms with van der Waals surface area (Å²) < 4.78 is 20.5. The highest BCUT2D eigenvalue weighted by molar-refractivity contribution is 9.10. The smallest absolute Gasteiger partial charge is 0.153 e. The van der Waals surface area contributed by atoms with Crippen molar-refractivity contribution in [3.05, 3.63) is 62.8 Å². The first-order valence-electron chi connectivity index (χ1n) is 6.62. The molecule has 0 amide bonds. The largest absolute Gasteiger partial charge is 0.480 e. The number of fused-ring (bicyclic) bond motifs is 1. The standard InChI is InChI=1S/C16H14BrClFNO/c1-9(20)16(10-5-3-2-4-6-10)8-11-13(21-16)7-12(19)15(18)14(11)17/h2-7,9H,8,20H2,1H3. The van der Waals surface area contributed by atoms with Gasteiger partial charge in [-0.2, -0.15) is 0 Å². The van der Waals surface area contributed by atoms with Gasteiger partial charge in [0.1, 0.15) is 11.6 Å². The second-order valence-electron chi connectivity index (χ2n) is 5.29. The molecule has 1 aliphatic rings. The van der Waals surface area contributed by atoms with Crippen LogP contribution in [0, 0.1) is 5.82 Å². The number of halogens is 3. The summed E-state index contributed by atoms with van der Waals surface area (Å²) in [4.78, 5) is 0. The summed E-state index contributed by atoms with van der Waals surface area (Å²) in [6.07, 6.45) is 0.546. The zero-order valence-corrected chi connectivity index (χ0v) is 13.7. The number of ether oxygens (including phenoxy) is 1. The van der Waals surface area contributed by atoms with E-state index in [0.29, 0.717) is 16.6 Å². The number of hydrogen-bond acceptors (Lipinski definition) is 2. The van der Waals surface area contributed by atoms with Crippen LogP contribution in [0.25, 0.3) is 0 Å². The Morgan fingerprint density at radius 1 is 1.38 bits per heavy atom. The van der Waals surface area contributed by atoms with Crippen molar-refractivity contribution in [2.24, 2.45) is 5.73 Å². The van der Waals surface area contributed by atoms with Gasteiger partial charge in [-0.05, 0) is 28.4 Å². The van der Waals surface area contributed by atoms with E-state index in [1.807, 2.05) is 37.3 Å². The molecule has 0 saturated carbocycles. The van der Waals surface area contributed by atoms with Gasteiger partial charge in [-0.1, -0.05) is 41.9 Å². The summed E-state index contributed by atoms with van der Waals surface area (Å²) in [6.45, 7) is 1.89. The van der Waals surface area contributed by atoms with Crippen molar-refractivity contribution in [2.75, 3.05) is 0 Å². The maximum atomic E-state index is 13.8. The molecule has 0 aromatic heterocycles. The number of rotatable bonds is 2. The lowest BCUT2D eigenvalue weighted by Gasteiger charge is -2.33. The maximum absolute atomic E-state index is 13.8. The van der Waals surface area contributed by atoms with Crippen molar-refractivity contribution in [2.45, 2.75) is 25.0 Å². The van der Waals surface area contributed by atoms with Crippen LogP contribution in [0.4, 0.5) is 4.39 Å². The molecule has 2 aromatic carbocycles. The molecule has 1 heterocycles. The molecule has 0 spiro atoms. The molecule has 3 rings (SSSR count). The molecule has 2 unspecified atom stereocenters. The van der Waals surface area contributed by atoms with E-state index >= 15 is 0 Å². The van der Waals surface area contributed by atoms with Crippen molar-refractivity contribution in [1.82, 2.24) is 0 Å². The van der Waals surface area contributed by atoms with E-state index in [1.54, 1.807) is 0 Å². The van der Waals surface area contributed by atoms with Crippen molar-refractivity contribution in [3.8, 4) is 5.75 Å². The lowest BCUT2D eigenvalue weighted by atomic mass is 9.84. The monoisotopic (exact) mass is 369 g/mol. The van der Waals surface area contributed by atoms with Crippen molar-refractivity contribution < 1.29 is 9.13 Å². The number of benzene rings is 2. The van der Waals surface area contributed by atoms with E-state index in [4.69, 9.17) is 22.1 Å². The molecule has 0 radical (unpaired) electrons. The summed E-state index contributed by atoms with van der Waals surface area (Å²) in [5.41, 5.74) is 7.32. The van der Waals surface area contributed by atoms with Gasteiger partial charge in [0.15, 0.2) is 5.60 Å². The van der Waals surface area contributed by atoms with Crippen LogP contribution in [0.3, 0.4) is 0 Å². The zero-order chi connectivity index (χ0) is 15.2. The lowest BCUT2D eigenvalue weighted by Crippen LogP contribution is -2.47. The van der Waals surface area contributed by atoms with E-state index in [1.165, 1.54) is 6.07 Å². The Labute approximate surface area is 136 Å². The molecule has 2 atom stereocenters. The normalized spacial score (nSPS) is 21.8. The summed E-state index contributed by atoms with van der Waals surface area (Å²) in [6, 6.07) is 10.8. The van der Waals surface area contributed by atoms with Gasteiger partial charge < -0.3 is 10.5 Å². The first-order valence-corrected chi connectivity index (χ1v) is 7.79. The maximum Gasteiger partial charge on any atom is 0.153 e. The lowest BCUT2D eigenvalue weighted by molar-refractivity contribution is 0.0684. The van der Waals surface area contributed by atoms with E-state index in [2.05, 4.69) is 15.9 Å². The van der Waals surface area contributed by atoms with Crippen molar-refractivity contribution in [3.63, 3.8) is 0 Å². The van der Waals surface area contributed by atoms with Gasteiger partial charge in [0.2, 0.25) is 0 Å². The Bertz CT molecular complexity index is 692. The molecule has 0 bridgehead atoms. The minimum Gasteiger partial charge on any atom is -0.480 e. The molecule has 2 aromatic rings. The third-order valence-corrected chi connectivity index (χ3v) is 5.42. The minimum absolute atomic E-state index is 0.0749. The van der Waals surface area contributed by atoms with Crippen molar-refractivity contribution >= 4 is 27.5 Å². The molecule has 0 saturated heterocycles. The third kappa shape index (κ3) is 2.26. The Morgan fingerprint density at radius 2 is 2.05 bits per heavy atom. The average Bonchev–Trinajstić information content (AvgIpc) is 2.87. The minimum atomic E-state index is -0.705. The SMILES string of the molecule is CC(N)C1(c2ccccc2)Cc2c(cc(F)c(Cl)c2Br)O1. The Kier molecular flexibility index (Phi) is 3.72. The van der Waals surface area contributed by atoms with Crippen LogP contribution in [-0.2, 0) is 12.0 Å².